The molecule has 0 N–H and O–H groups in total. The lowest BCUT2D eigenvalue weighted by molar-refractivity contribution is -0.131. The number of benzene rings is 1. The van der Waals surface area contributed by atoms with Crippen LogP contribution in [0.15, 0.2) is 30.3 Å². The highest BCUT2D eigenvalue weighted by Gasteiger charge is 2.31. The molecule has 2 nitrogen and oxygen atoms in total. The lowest BCUT2D eigenvalue weighted by Crippen LogP contribution is -2.45. The van der Waals surface area contributed by atoms with Gasteiger partial charge in [0.1, 0.15) is 5.78 Å². The summed E-state index contributed by atoms with van der Waals surface area (Å²) in [5.41, 5.74) is 1.34. The number of rotatable bonds is 3. The van der Waals surface area contributed by atoms with Crippen molar-refractivity contribution in [3.8, 4) is 0 Å². The van der Waals surface area contributed by atoms with Crippen LogP contribution in [0.3, 0.4) is 0 Å². The molecule has 0 aromatic heterocycles. The van der Waals surface area contributed by atoms with Gasteiger partial charge in [-0.25, -0.2) is 0 Å². The Labute approximate surface area is 104 Å². The van der Waals surface area contributed by atoms with E-state index in [4.69, 9.17) is 0 Å². The van der Waals surface area contributed by atoms with Crippen molar-refractivity contribution < 1.29 is 4.79 Å². The first-order valence-corrected chi connectivity index (χ1v) is 6.50. The third-order valence-corrected chi connectivity index (χ3v) is 3.64. The van der Waals surface area contributed by atoms with E-state index in [1.165, 1.54) is 5.56 Å². The van der Waals surface area contributed by atoms with Gasteiger partial charge in [-0.2, -0.15) is 0 Å². The lowest BCUT2D eigenvalue weighted by Gasteiger charge is -2.35. The summed E-state index contributed by atoms with van der Waals surface area (Å²) >= 11 is 0. The molecule has 0 radical (unpaired) electrons. The minimum atomic E-state index is 0.192. The van der Waals surface area contributed by atoms with Crippen LogP contribution in [0.2, 0.25) is 0 Å². The molecule has 1 aliphatic rings. The van der Waals surface area contributed by atoms with Gasteiger partial charge in [-0.3, -0.25) is 9.69 Å². The molecule has 1 aromatic carbocycles. The standard InChI is InChI=1S/C15H21NO/c1-3-14-11-16(9-12(2)15(14)17)10-13-7-5-4-6-8-13/h4-8,12,14H,3,9-11H2,1-2H3. The molecule has 17 heavy (non-hydrogen) atoms. The molecule has 0 saturated carbocycles. The lowest BCUT2D eigenvalue weighted by atomic mass is 9.87. The second-order valence-electron chi connectivity index (χ2n) is 5.09. The van der Waals surface area contributed by atoms with Gasteiger partial charge in [-0.15, -0.1) is 0 Å². The number of hydrogen-bond donors (Lipinski definition) is 0. The van der Waals surface area contributed by atoms with Crippen molar-refractivity contribution in [3.63, 3.8) is 0 Å². The molecule has 1 fully saturated rings. The van der Waals surface area contributed by atoms with Crippen LogP contribution in [-0.4, -0.2) is 23.8 Å². The zero-order valence-corrected chi connectivity index (χ0v) is 10.7. The Kier molecular flexibility index (Phi) is 3.95. The van der Waals surface area contributed by atoms with E-state index in [2.05, 4.69) is 43.0 Å². The minimum Gasteiger partial charge on any atom is -0.299 e. The van der Waals surface area contributed by atoms with E-state index in [1.54, 1.807) is 0 Å². The van der Waals surface area contributed by atoms with Crippen LogP contribution in [0.25, 0.3) is 0 Å². The van der Waals surface area contributed by atoms with Gasteiger partial charge < -0.3 is 0 Å². The molecule has 0 aliphatic carbocycles. The quantitative estimate of drug-likeness (QED) is 0.797. The average molecular weight is 231 g/mol. The number of piperidine rings is 1. The molecule has 1 saturated heterocycles. The first-order valence-electron chi connectivity index (χ1n) is 6.50. The summed E-state index contributed by atoms with van der Waals surface area (Å²) in [6, 6.07) is 10.5. The van der Waals surface area contributed by atoms with Crippen molar-refractivity contribution >= 4 is 5.78 Å². The fourth-order valence-corrected chi connectivity index (χ4v) is 2.66. The number of hydrogen-bond acceptors (Lipinski definition) is 2. The molecule has 1 heterocycles. The molecule has 0 amide bonds. The minimum absolute atomic E-state index is 0.192. The Morgan fingerprint density at radius 3 is 2.59 bits per heavy atom. The molecule has 1 aliphatic heterocycles. The van der Waals surface area contributed by atoms with Crippen LogP contribution in [0.1, 0.15) is 25.8 Å². The Hall–Kier alpha value is -1.15. The van der Waals surface area contributed by atoms with Crippen LogP contribution in [0.5, 0.6) is 0 Å². The van der Waals surface area contributed by atoms with Gasteiger partial charge in [-0.1, -0.05) is 44.2 Å². The highest BCUT2D eigenvalue weighted by atomic mass is 16.1. The molecular formula is C15H21NO. The summed E-state index contributed by atoms with van der Waals surface area (Å²) in [4.78, 5) is 14.3. The third kappa shape index (κ3) is 2.95. The van der Waals surface area contributed by atoms with Crippen molar-refractivity contribution in [1.82, 2.24) is 4.90 Å². The topological polar surface area (TPSA) is 20.3 Å². The number of carbonyl (C=O) groups excluding carboxylic acids is 1. The number of nitrogens with zero attached hydrogens (tertiary/aromatic N) is 1. The van der Waals surface area contributed by atoms with E-state index in [0.29, 0.717) is 5.78 Å². The molecular weight excluding hydrogens is 210 g/mol. The van der Waals surface area contributed by atoms with E-state index in [-0.39, 0.29) is 11.8 Å². The first-order chi connectivity index (χ1) is 8.20. The van der Waals surface area contributed by atoms with Crippen LogP contribution in [-0.2, 0) is 11.3 Å². The number of ketones is 1. The normalized spacial score (nSPS) is 26.1. The Morgan fingerprint density at radius 1 is 1.24 bits per heavy atom. The zero-order valence-electron chi connectivity index (χ0n) is 10.7. The van der Waals surface area contributed by atoms with E-state index in [0.717, 1.165) is 26.1 Å². The predicted molar refractivity (Wildman–Crippen MR) is 69.7 cm³/mol. The maximum atomic E-state index is 11.9. The van der Waals surface area contributed by atoms with E-state index >= 15 is 0 Å². The maximum Gasteiger partial charge on any atom is 0.141 e. The highest BCUT2D eigenvalue weighted by Crippen LogP contribution is 2.21. The summed E-state index contributed by atoms with van der Waals surface area (Å²) < 4.78 is 0. The largest absolute Gasteiger partial charge is 0.299 e. The van der Waals surface area contributed by atoms with Gasteiger partial charge in [0.25, 0.3) is 0 Å². The predicted octanol–water partition coefficient (Wildman–Crippen LogP) is 2.73. The van der Waals surface area contributed by atoms with E-state index in [9.17, 15) is 4.79 Å². The van der Waals surface area contributed by atoms with Gasteiger partial charge in [0.2, 0.25) is 0 Å². The summed E-state index contributed by atoms with van der Waals surface area (Å²) in [6.45, 7) is 6.97. The second kappa shape index (κ2) is 5.46. The summed E-state index contributed by atoms with van der Waals surface area (Å²) in [5.74, 6) is 0.886. The fraction of sp³-hybridized carbons (Fsp3) is 0.533. The second-order valence-corrected chi connectivity index (χ2v) is 5.09. The number of likely N-dealkylation sites (tertiary alicyclic amines) is 1. The molecule has 0 spiro atoms. The third-order valence-electron chi connectivity index (χ3n) is 3.64. The Bertz CT molecular complexity index is 374. The average Bonchev–Trinajstić information content (AvgIpc) is 2.35. The van der Waals surface area contributed by atoms with Crippen LogP contribution in [0, 0.1) is 11.8 Å². The molecule has 2 unspecified atom stereocenters. The Morgan fingerprint density at radius 2 is 1.94 bits per heavy atom. The summed E-state index contributed by atoms with van der Waals surface area (Å²) in [6.07, 6.45) is 0.967. The molecule has 0 bridgehead atoms. The molecule has 92 valence electrons. The van der Waals surface area contributed by atoms with Crippen molar-refractivity contribution in [2.45, 2.75) is 26.8 Å². The monoisotopic (exact) mass is 231 g/mol. The number of Topliss-reactive ketones (excluding diaryl/α,β-unsaturated/α-hetero) is 1. The van der Waals surface area contributed by atoms with Gasteiger partial charge in [-0.05, 0) is 12.0 Å². The van der Waals surface area contributed by atoms with Gasteiger partial charge >= 0.3 is 0 Å². The molecule has 2 heteroatoms. The van der Waals surface area contributed by atoms with Crippen LogP contribution in [0.4, 0.5) is 0 Å². The highest BCUT2D eigenvalue weighted by molar-refractivity contribution is 5.84. The van der Waals surface area contributed by atoms with Crippen molar-refractivity contribution in [3.05, 3.63) is 35.9 Å². The SMILES string of the molecule is CCC1CN(Cc2ccccc2)CC(C)C1=O. The molecule has 2 atom stereocenters. The van der Waals surface area contributed by atoms with Crippen molar-refractivity contribution in [2.24, 2.45) is 11.8 Å². The fourth-order valence-electron chi connectivity index (χ4n) is 2.66. The van der Waals surface area contributed by atoms with Crippen molar-refractivity contribution in [2.75, 3.05) is 13.1 Å². The Balaban J connectivity index is 2.01. The summed E-state index contributed by atoms with van der Waals surface area (Å²) in [7, 11) is 0. The van der Waals surface area contributed by atoms with Gasteiger partial charge in [0.05, 0.1) is 0 Å². The molecule has 1 aromatic rings. The van der Waals surface area contributed by atoms with Crippen LogP contribution >= 0.6 is 0 Å². The first kappa shape index (κ1) is 12.3. The summed E-state index contributed by atoms with van der Waals surface area (Å²) in [5, 5.41) is 0. The van der Waals surface area contributed by atoms with E-state index in [1.807, 2.05) is 6.07 Å². The maximum absolute atomic E-state index is 11.9. The van der Waals surface area contributed by atoms with E-state index < -0.39 is 0 Å². The number of carbonyl (C=O) groups is 1. The smallest absolute Gasteiger partial charge is 0.141 e. The molecule has 2 rings (SSSR count). The van der Waals surface area contributed by atoms with Crippen LogP contribution < -0.4 is 0 Å². The van der Waals surface area contributed by atoms with Crippen molar-refractivity contribution in [1.29, 1.82) is 0 Å². The van der Waals surface area contributed by atoms with Gasteiger partial charge in [0.15, 0.2) is 0 Å². The van der Waals surface area contributed by atoms with Gasteiger partial charge in [0, 0.05) is 31.5 Å². The zero-order chi connectivity index (χ0) is 12.3.